The molecule has 0 N–H and O–H groups in total. The highest BCUT2D eigenvalue weighted by Gasteiger charge is 2.04. The maximum Gasteiger partial charge on any atom is 0.198 e. The Morgan fingerprint density at radius 2 is 1.94 bits per heavy atom. The molecule has 0 saturated heterocycles. The van der Waals surface area contributed by atoms with Crippen LogP contribution in [0.3, 0.4) is 0 Å². The molecule has 1 heterocycles. The molecule has 0 saturated carbocycles. The van der Waals surface area contributed by atoms with Gasteiger partial charge in [-0.1, -0.05) is 29.8 Å². The van der Waals surface area contributed by atoms with Gasteiger partial charge in [0, 0.05) is 11.8 Å². The first-order valence-corrected chi connectivity index (χ1v) is 5.43. The number of pyridine rings is 1. The van der Waals surface area contributed by atoms with Crippen molar-refractivity contribution in [1.29, 1.82) is 0 Å². The van der Waals surface area contributed by atoms with Gasteiger partial charge in [0.2, 0.25) is 0 Å². The van der Waals surface area contributed by atoms with E-state index in [4.69, 9.17) is 28.6 Å². The van der Waals surface area contributed by atoms with E-state index in [9.17, 15) is 0 Å². The third-order valence-corrected chi connectivity index (χ3v) is 2.44. The Morgan fingerprint density at radius 3 is 2.62 bits per heavy atom. The average Bonchev–Trinajstić information content (AvgIpc) is 2.30. The van der Waals surface area contributed by atoms with Crippen molar-refractivity contribution < 1.29 is 4.74 Å². The van der Waals surface area contributed by atoms with Crippen molar-refractivity contribution in [3.05, 3.63) is 59.4 Å². The minimum Gasteiger partial charge on any atom is -0.445 e. The first-order chi connectivity index (χ1) is 7.75. The standard InChI is InChI=1S/C12H8ClNOS/c13-11-8-9(6-7-14-11)12(16)15-10-4-2-1-3-5-10/h1-8H. The lowest BCUT2D eigenvalue weighted by Gasteiger charge is -2.06. The van der Waals surface area contributed by atoms with Crippen LogP contribution in [0.2, 0.25) is 5.15 Å². The Bertz CT molecular complexity index is 501. The lowest BCUT2D eigenvalue weighted by Crippen LogP contribution is -2.06. The molecule has 0 aliphatic carbocycles. The minimum atomic E-state index is 0.385. The van der Waals surface area contributed by atoms with Crippen LogP contribution < -0.4 is 4.74 Å². The Morgan fingerprint density at radius 1 is 1.19 bits per heavy atom. The zero-order valence-electron chi connectivity index (χ0n) is 8.26. The fourth-order valence-electron chi connectivity index (χ4n) is 1.18. The summed E-state index contributed by atoms with van der Waals surface area (Å²) in [6, 6.07) is 12.8. The summed E-state index contributed by atoms with van der Waals surface area (Å²) in [6.07, 6.45) is 1.60. The molecule has 2 nitrogen and oxygen atoms in total. The number of ether oxygens (including phenoxy) is 1. The van der Waals surface area contributed by atoms with Gasteiger partial charge < -0.3 is 4.74 Å². The van der Waals surface area contributed by atoms with Crippen molar-refractivity contribution >= 4 is 28.9 Å². The molecule has 0 spiro atoms. The maximum atomic E-state index is 5.77. The first-order valence-electron chi connectivity index (χ1n) is 4.64. The second-order valence-corrected chi connectivity index (χ2v) is 3.83. The van der Waals surface area contributed by atoms with Crippen LogP contribution in [0.5, 0.6) is 5.75 Å². The topological polar surface area (TPSA) is 22.1 Å². The van der Waals surface area contributed by atoms with Crippen LogP contribution in [0, 0.1) is 0 Å². The third kappa shape index (κ3) is 2.78. The molecular formula is C12H8ClNOS. The van der Waals surface area contributed by atoms with E-state index in [1.165, 1.54) is 0 Å². The van der Waals surface area contributed by atoms with Gasteiger partial charge in [0.15, 0.2) is 5.05 Å². The highest BCUT2D eigenvalue weighted by molar-refractivity contribution is 7.80. The Hall–Kier alpha value is -1.45. The van der Waals surface area contributed by atoms with Crippen molar-refractivity contribution in [3.8, 4) is 5.75 Å². The van der Waals surface area contributed by atoms with Gasteiger partial charge in [-0.15, -0.1) is 0 Å². The monoisotopic (exact) mass is 249 g/mol. The number of thiocarbonyl (C=S) groups is 1. The highest BCUT2D eigenvalue weighted by atomic mass is 35.5. The van der Waals surface area contributed by atoms with Gasteiger partial charge >= 0.3 is 0 Å². The molecule has 4 heteroatoms. The van der Waals surface area contributed by atoms with Crippen LogP contribution in [-0.2, 0) is 0 Å². The van der Waals surface area contributed by atoms with Crippen molar-refractivity contribution in [1.82, 2.24) is 4.98 Å². The van der Waals surface area contributed by atoms with Crippen LogP contribution in [-0.4, -0.2) is 10.0 Å². The van der Waals surface area contributed by atoms with Gasteiger partial charge in [-0.05, 0) is 36.5 Å². The SMILES string of the molecule is S=C(Oc1ccccc1)c1ccnc(Cl)c1. The van der Waals surface area contributed by atoms with E-state index in [0.717, 1.165) is 5.56 Å². The number of nitrogens with zero attached hydrogens (tertiary/aromatic N) is 1. The van der Waals surface area contributed by atoms with E-state index >= 15 is 0 Å². The molecule has 0 atom stereocenters. The van der Waals surface area contributed by atoms with Crippen LogP contribution in [0.4, 0.5) is 0 Å². The maximum absolute atomic E-state index is 5.77. The largest absolute Gasteiger partial charge is 0.445 e. The van der Waals surface area contributed by atoms with E-state index in [1.54, 1.807) is 18.3 Å². The molecule has 0 fully saturated rings. The van der Waals surface area contributed by atoms with Crippen molar-refractivity contribution in [2.45, 2.75) is 0 Å². The number of para-hydroxylation sites is 1. The highest BCUT2D eigenvalue weighted by Crippen LogP contribution is 2.14. The summed E-state index contributed by atoms with van der Waals surface area (Å²) < 4.78 is 5.50. The fourth-order valence-corrected chi connectivity index (χ4v) is 1.58. The number of aromatic nitrogens is 1. The summed E-state index contributed by atoms with van der Waals surface area (Å²) in [5.74, 6) is 0.709. The molecule has 16 heavy (non-hydrogen) atoms. The quantitative estimate of drug-likeness (QED) is 0.601. The van der Waals surface area contributed by atoms with E-state index in [-0.39, 0.29) is 0 Å². The fraction of sp³-hybridized carbons (Fsp3) is 0. The summed E-state index contributed by atoms with van der Waals surface area (Å²) in [4.78, 5) is 3.88. The zero-order chi connectivity index (χ0) is 11.4. The molecule has 0 amide bonds. The molecule has 0 radical (unpaired) electrons. The summed E-state index contributed by atoms with van der Waals surface area (Å²) in [7, 11) is 0. The minimum absolute atomic E-state index is 0.385. The number of rotatable bonds is 2. The van der Waals surface area contributed by atoms with E-state index in [1.807, 2.05) is 30.3 Å². The number of benzene rings is 1. The summed E-state index contributed by atoms with van der Waals surface area (Å²) >= 11 is 10.9. The van der Waals surface area contributed by atoms with Gasteiger partial charge in [-0.2, -0.15) is 0 Å². The molecular weight excluding hydrogens is 242 g/mol. The Kier molecular flexibility index (Phi) is 3.49. The molecule has 1 aromatic heterocycles. The summed E-state index contributed by atoms with van der Waals surface area (Å²) in [6.45, 7) is 0. The van der Waals surface area contributed by atoms with Crippen molar-refractivity contribution in [2.24, 2.45) is 0 Å². The lowest BCUT2D eigenvalue weighted by molar-refractivity contribution is 0.566. The molecule has 1 aromatic carbocycles. The normalized spacial score (nSPS) is 9.81. The molecule has 0 unspecified atom stereocenters. The van der Waals surface area contributed by atoms with Crippen molar-refractivity contribution in [2.75, 3.05) is 0 Å². The van der Waals surface area contributed by atoms with Gasteiger partial charge in [0.25, 0.3) is 0 Å². The lowest BCUT2D eigenvalue weighted by atomic mass is 10.3. The van der Waals surface area contributed by atoms with Crippen molar-refractivity contribution in [3.63, 3.8) is 0 Å². The molecule has 0 aliphatic rings. The average molecular weight is 250 g/mol. The zero-order valence-corrected chi connectivity index (χ0v) is 9.83. The van der Waals surface area contributed by atoms with Gasteiger partial charge in [0.1, 0.15) is 10.9 Å². The van der Waals surface area contributed by atoms with Gasteiger partial charge in [0.05, 0.1) is 0 Å². The van der Waals surface area contributed by atoms with Gasteiger partial charge in [-0.3, -0.25) is 0 Å². The number of hydrogen-bond donors (Lipinski definition) is 0. The second-order valence-electron chi connectivity index (χ2n) is 3.07. The van der Waals surface area contributed by atoms with E-state index < -0.39 is 0 Å². The van der Waals surface area contributed by atoms with Crippen LogP contribution in [0.25, 0.3) is 0 Å². The number of halogens is 1. The first kappa shape index (κ1) is 11.0. The van der Waals surface area contributed by atoms with E-state index in [0.29, 0.717) is 16.0 Å². The second kappa shape index (κ2) is 5.05. The summed E-state index contributed by atoms with van der Waals surface area (Å²) in [5, 5.41) is 0.784. The van der Waals surface area contributed by atoms with Crippen LogP contribution in [0.15, 0.2) is 48.7 Å². The molecule has 2 aromatic rings. The summed E-state index contributed by atoms with van der Waals surface area (Å²) in [5.41, 5.74) is 0.749. The predicted octanol–water partition coefficient (Wildman–Crippen LogP) is 3.49. The van der Waals surface area contributed by atoms with Crippen LogP contribution in [0.1, 0.15) is 5.56 Å². The van der Waals surface area contributed by atoms with Gasteiger partial charge in [-0.25, -0.2) is 4.98 Å². The third-order valence-electron chi connectivity index (χ3n) is 1.92. The van der Waals surface area contributed by atoms with Crippen LogP contribution >= 0.6 is 23.8 Å². The number of hydrogen-bond acceptors (Lipinski definition) is 3. The molecule has 80 valence electrons. The molecule has 2 rings (SSSR count). The molecule has 0 aliphatic heterocycles. The molecule has 0 bridgehead atoms. The Labute approximate surface area is 104 Å². The smallest absolute Gasteiger partial charge is 0.198 e. The van der Waals surface area contributed by atoms with E-state index in [2.05, 4.69) is 4.98 Å². The predicted molar refractivity (Wildman–Crippen MR) is 68.0 cm³/mol. The Balaban J connectivity index is 2.15.